The molecule has 0 fully saturated rings. The molecule has 1 aromatic rings. The van der Waals surface area contributed by atoms with Gasteiger partial charge >= 0.3 is 18.9 Å². The average molecular weight is 168 g/mol. The summed E-state index contributed by atoms with van der Waals surface area (Å²) in [6.45, 7) is 0. The number of nitrogens with zero attached hydrogens (tertiary/aromatic N) is 1. The molecule has 40 valence electrons. The van der Waals surface area contributed by atoms with E-state index in [4.69, 9.17) is 0 Å². The summed E-state index contributed by atoms with van der Waals surface area (Å²) < 4.78 is 2.00. The molecular formula is C5H7BrLiN. The van der Waals surface area contributed by atoms with Gasteiger partial charge in [-0.1, -0.05) is 0 Å². The first kappa shape index (κ1) is 11.2. The molecule has 0 amide bonds. The van der Waals surface area contributed by atoms with Crippen LogP contribution in [0.5, 0.6) is 0 Å². The van der Waals surface area contributed by atoms with Crippen LogP contribution in [0.1, 0.15) is 0 Å². The van der Waals surface area contributed by atoms with Crippen LogP contribution in [0.3, 0.4) is 0 Å². The molecule has 3 heteroatoms. The van der Waals surface area contributed by atoms with Crippen LogP contribution in [0.2, 0.25) is 0 Å². The van der Waals surface area contributed by atoms with E-state index >= 15 is 0 Å². The van der Waals surface area contributed by atoms with Gasteiger partial charge in [-0.25, -0.2) is 0 Å². The fraction of sp³-hybridized carbons (Fsp3) is 0.200. The Labute approximate surface area is 72.0 Å². The molecule has 1 rings (SSSR count). The van der Waals surface area contributed by atoms with Crippen LogP contribution in [-0.2, 0) is 7.05 Å². The van der Waals surface area contributed by atoms with E-state index in [0.717, 1.165) is 0 Å². The fourth-order valence-corrected chi connectivity index (χ4v) is 0.421. The van der Waals surface area contributed by atoms with Crippen LogP contribution >= 0.6 is 0 Å². The standard InChI is InChI=1S/C5H7N.BrH.Li/c1-6-4-2-3-5-6;;/h2-5H,1H3;1H;/q;;+1/p-1. The van der Waals surface area contributed by atoms with Gasteiger partial charge in [0.2, 0.25) is 0 Å². The third-order valence-corrected chi connectivity index (χ3v) is 0.754. The smallest absolute Gasteiger partial charge is 1.00 e. The van der Waals surface area contributed by atoms with E-state index in [-0.39, 0.29) is 35.8 Å². The first-order valence-electron chi connectivity index (χ1n) is 1.96. The van der Waals surface area contributed by atoms with Crippen molar-refractivity contribution in [1.29, 1.82) is 0 Å². The minimum absolute atomic E-state index is 0. The van der Waals surface area contributed by atoms with E-state index in [1.54, 1.807) is 0 Å². The minimum Gasteiger partial charge on any atom is -1.00 e. The fourth-order valence-electron chi connectivity index (χ4n) is 0.421. The maximum Gasteiger partial charge on any atom is 1.00 e. The van der Waals surface area contributed by atoms with E-state index in [2.05, 4.69) is 0 Å². The summed E-state index contributed by atoms with van der Waals surface area (Å²) in [7, 11) is 2.00. The van der Waals surface area contributed by atoms with Gasteiger partial charge in [0.15, 0.2) is 0 Å². The molecule has 1 heterocycles. The minimum atomic E-state index is 0. The second kappa shape index (κ2) is 5.49. The molecule has 0 aliphatic heterocycles. The molecule has 0 N–H and O–H groups in total. The summed E-state index contributed by atoms with van der Waals surface area (Å²) in [6, 6.07) is 4.00. The summed E-state index contributed by atoms with van der Waals surface area (Å²) in [6.07, 6.45) is 4.00. The van der Waals surface area contributed by atoms with E-state index in [1.807, 2.05) is 36.1 Å². The molecule has 0 aliphatic rings. The van der Waals surface area contributed by atoms with Gasteiger partial charge in [0.05, 0.1) is 0 Å². The maximum atomic E-state index is 2.00. The predicted molar refractivity (Wildman–Crippen MR) is 25.4 cm³/mol. The third kappa shape index (κ3) is 3.37. The second-order valence-electron chi connectivity index (χ2n) is 1.35. The molecule has 0 aliphatic carbocycles. The monoisotopic (exact) mass is 167 g/mol. The normalized spacial score (nSPS) is 6.62. The van der Waals surface area contributed by atoms with Gasteiger partial charge < -0.3 is 21.5 Å². The Morgan fingerprint density at radius 2 is 1.50 bits per heavy atom. The summed E-state index contributed by atoms with van der Waals surface area (Å²) >= 11 is 0. The number of aryl methyl sites for hydroxylation is 1. The van der Waals surface area contributed by atoms with E-state index < -0.39 is 0 Å². The van der Waals surface area contributed by atoms with Crippen molar-refractivity contribution in [3.05, 3.63) is 24.5 Å². The molecule has 0 radical (unpaired) electrons. The van der Waals surface area contributed by atoms with Crippen molar-refractivity contribution in [2.24, 2.45) is 7.05 Å². The number of rotatable bonds is 0. The van der Waals surface area contributed by atoms with Crippen molar-refractivity contribution in [3.8, 4) is 0 Å². The molecule has 0 saturated heterocycles. The molecular weight excluding hydrogens is 161 g/mol. The average Bonchev–Trinajstić information content (AvgIpc) is 1.86. The van der Waals surface area contributed by atoms with Crippen LogP contribution in [0.25, 0.3) is 0 Å². The summed E-state index contributed by atoms with van der Waals surface area (Å²) in [5.41, 5.74) is 0. The first-order valence-corrected chi connectivity index (χ1v) is 1.96. The summed E-state index contributed by atoms with van der Waals surface area (Å²) in [5, 5.41) is 0. The van der Waals surface area contributed by atoms with Crippen LogP contribution in [-0.4, -0.2) is 4.57 Å². The molecule has 8 heavy (non-hydrogen) atoms. The topological polar surface area (TPSA) is 4.93 Å². The third-order valence-electron chi connectivity index (χ3n) is 0.754. The van der Waals surface area contributed by atoms with Gasteiger partial charge in [-0.05, 0) is 12.1 Å². The summed E-state index contributed by atoms with van der Waals surface area (Å²) in [5.74, 6) is 0. The molecule has 1 aromatic heterocycles. The van der Waals surface area contributed by atoms with E-state index in [1.165, 1.54) is 0 Å². The van der Waals surface area contributed by atoms with Gasteiger partial charge in [-0.15, -0.1) is 0 Å². The van der Waals surface area contributed by atoms with Crippen LogP contribution in [0.15, 0.2) is 24.5 Å². The van der Waals surface area contributed by atoms with Crippen molar-refractivity contribution in [3.63, 3.8) is 0 Å². The van der Waals surface area contributed by atoms with Gasteiger partial charge in [-0.3, -0.25) is 0 Å². The Balaban J connectivity index is 0. The van der Waals surface area contributed by atoms with Crippen molar-refractivity contribution in [1.82, 2.24) is 4.57 Å². The Morgan fingerprint density at radius 1 is 1.12 bits per heavy atom. The molecule has 0 atom stereocenters. The molecule has 0 aromatic carbocycles. The Hall–Kier alpha value is 0.357. The molecule has 0 bridgehead atoms. The van der Waals surface area contributed by atoms with E-state index in [9.17, 15) is 0 Å². The second-order valence-corrected chi connectivity index (χ2v) is 1.35. The zero-order valence-corrected chi connectivity index (χ0v) is 6.72. The number of hydrogen-bond donors (Lipinski definition) is 0. The quantitative estimate of drug-likeness (QED) is 0.342. The summed E-state index contributed by atoms with van der Waals surface area (Å²) in [4.78, 5) is 0. The zero-order chi connectivity index (χ0) is 4.41. The molecule has 0 unspecified atom stereocenters. The number of hydrogen-bond acceptors (Lipinski definition) is 0. The number of halogens is 1. The Kier molecular flexibility index (Phi) is 7.69. The van der Waals surface area contributed by atoms with Crippen molar-refractivity contribution in [2.75, 3.05) is 0 Å². The molecule has 0 spiro atoms. The Morgan fingerprint density at radius 3 is 1.62 bits per heavy atom. The number of aromatic nitrogens is 1. The van der Waals surface area contributed by atoms with Gasteiger partial charge in [0.25, 0.3) is 0 Å². The van der Waals surface area contributed by atoms with E-state index in [0.29, 0.717) is 0 Å². The van der Waals surface area contributed by atoms with Crippen molar-refractivity contribution < 1.29 is 35.8 Å². The van der Waals surface area contributed by atoms with Gasteiger partial charge in [0, 0.05) is 19.4 Å². The van der Waals surface area contributed by atoms with Crippen LogP contribution in [0, 0.1) is 0 Å². The Bertz CT molecular complexity index is 116. The molecule has 0 saturated carbocycles. The van der Waals surface area contributed by atoms with Crippen molar-refractivity contribution >= 4 is 0 Å². The SMILES string of the molecule is Cn1cccc1.[Br-].[Li+]. The van der Waals surface area contributed by atoms with Crippen LogP contribution < -0.4 is 35.8 Å². The van der Waals surface area contributed by atoms with Gasteiger partial charge in [0.1, 0.15) is 0 Å². The molecule has 1 nitrogen and oxygen atoms in total. The predicted octanol–water partition coefficient (Wildman–Crippen LogP) is -4.97. The van der Waals surface area contributed by atoms with Gasteiger partial charge in [-0.2, -0.15) is 0 Å². The van der Waals surface area contributed by atoms with Crippen LogP contribution in [0.4, 0.5) is 0 Å². The first-order chi connectivity index (χ1) is 2.89. The van der Waals surface area contributed by atoms with Crippen molar-refractivity contribution in [2.45, 2.75) is 0 Å². The maximum absolute atomic E-state index is 2.00. The zero-order valence-electron chi connectivity index (χ0n) is 5.13. The largest absolute Gasteiger partial charge is 1.00 e.